The van der Waals surface area contributed by atoms with Gasteiger partial charge in [0.1, 0.15) is 5.52 Å². The third kappa shape index (κ3) is 2.46. The first-order valence-corrected chi connectivity index (χ1v) is 5.79. The highest BCUT2D eigenvalue weighted by Gasteiger charge is 2.03. The summed E-state index contributed by atoms with van der Waals surface area (Å²) >= 11 is 0.842. The summed E-state index contributed by atoms with van der Waals surface area (Å²) in [6.45, 7) is 3.70. The van der Waals surface area contributed by atoms with Gasteiger partial charge in [-0.15, -0.1) is 0 Å². The van der Waals surface area contributed by atoms with Crippen LogP contribution in [0.4, 0.5) is 0 Å². The minimum absolute atomic E-state index is 0.383. The van der Waals surface area contributed by atoms with Crippen LogP contribution >= 0.6 is 11.4 Å². The van der Waals surface area contributed by atoms with Gasteiger partial charge in [0.15, 0.2) is 5.58 Å². The lowest BCUT2D eigenvalue weighted by Gasteiger charge is -1.88. The standard InChI is InChI=1S/C11H13NO2S/c1-7-3-4-10-9(5-7)12-11(14-10)6-15-8(2)13/h3-5,13,15H,6H2,1-2H3. The molecule has 4 heteroatoms. The van der Waals surface area contributed by atoms with Crippen LogP contribution in [-0.4, -0.2) is 15.1 Å². The second-order valence-corrected chi connectivity index (χ2v) is 4.72. The molecule has 2 aromatic rings. The first-order valence-electron chi connectivity index (χ1n) is 4.71. The van der Waals surface area contributed by atoms with E-state index in [2.05, 4.69) is 4.98 Å². The van der Waals surface area contributed by atoms with E-state index in [1.54, 1.807) is 6.92 Å². The number of aromatic nitrogens is 1. The van der Waals surface area contributed by atoms with Crippen LogP contribution in [0.15, 0.2) is 22.6 Å². The number of hydrogen-bond acceptors (Lipinski definition) is 2. The molecule has 1 aromatic carbocycles. The Hall–Kier alpha value is -1.13. The first kappa shape index (κ1) is 10.4. The molecule has 0 radical (unpaired) electrons. The summed E-state index contributed by atoms with van der Waals surface area (Å²) in [6.07, 6.45) is 0. The highest BCUT2D eigenvalue weighted by molar-refractivity contribution is 7.97. The molecule has 0 amide bonds. The lowest BCUT2D eigenvalue weighted by atomic mass is 10.2. The zero-order chi connectivity index (χ0) is 10.8. The molecule has 1 N–H and O–H groups in total. The van der Waals surface area contributed by atoms with Crippen molar-refractivity contribution in [3.63, 3.8) is 0 Å². The van der Waals surface area contributed by atoms with Crippen LogP contribution in [0.25, 0.3) is 11.1 Å². The van der Waals surface area contributed by atoms with Crippen molar-refractivity contribution in [1.82, 2.24) is 4.98 Å². The van der Waals surface area contributed by atoms with E-state index in [1.165, 1.54) is 5.56 Å². The van der Waals surface area contributed by atoms with Gasteiger partial charge in [0.05, 0.1) is 10.8 Å². The number of nitrogens with zero attached hydrogens (tertiary/aromatic N) is 1. The predicted octanol–water partition coefficient (Wildman–Crippen LogP) is 2.81. The normalized spacial score (nSPS) is 12.9. The van der Waals surface area contributed by atoms with Gasteiger partial charge in [-0.3, -0.25) is 0 Å². The topological polar surface area (TPSA) is 46.3 Å². The number of rotatable bonds is 2. The molecular formula is C11H13NO2S. The largest absolute Gasteiger partial charge is 0.440 e. The van der Waals surface area contributed by atoms with Crippen LogP contribution < -0.4 is 0 Å². The van der Waals surface area contributed by atoms with E-state index in [4.69, 9.17) is 9.52 Å². The van der Waals surface area contributed by atoms with Crippen molar-refractivity contribution in [2.75, 3.05) is 0 Å². The maximum Gasteiger partial charge on any atom is 0.204 e. The van der Waals surface area contributed by atoms with Gasteiger partial charge in [0, 0.05) is 0 Å². The molecule has 0 atom stereocenters. The third-order valence-corrected chi connectivity index (χ3v) is 2.92. The summed E-state index contributed by atoms with van der Waals surface area (Å²) in [4.78, 5) is 4.35. The van der Waals surface area contributed by atoms with Crippen LogP contribution in [0.3, 0.4) is 0 Å². The minimum Gasteiger partial charge on any atom is -0.440 e. The molecular weight excluding hydrogens is 210 g/mol. The van der Waals surface area contributed by atoms with Crippen LogP contribution in [0.1, 0.15) is 18.4 Å². The van der Waals surface area contributed by atoms with E-state index in [0.717, 1.165) is 22.5 Å². The quantitative estimate of drug-likeness (QED) is 0.608. The van der Waals surface area contributed by atoms with Gasteiger partial charge in [-0.1, -0.05) is 6.07 Å². The van der Waals surface area contributed by atoms with E-state index in [0.29, 0.717) is 16.7 Å². The summed E-state index contributed by atoms with van der Waals surface area (Å²) in [5, 5.41) is 9.45. The summed E-state index contributed by atoms with van der Waals surface area (Å²) in [7, 11) is 0. The molecule has 80 valence electrons. The van der Waals surface area contributed by atoms with Crippen LogP contribution in [-0.2, 0) is 5.75 Å². The number of thiol groups is 1. The van der Waals surface area contributed by atoms with Crippen molar-refractivity contribution in [3.05, 3.63) is 29.7 Å². The average Bonchev–Trinajstić information content (AvgIpc) is 2.56. The number of aliphatic hydroxyl groups is 1. The molecule has 0 bridgehead atoms. The van der Waals surface area contributed by atoms with Crippen LogP contribution in [0.5, 0.6) is 0 Å². The fourth-order valence-electron chi connectivity index (χ4n) is 1.33. The van der Waals surface area contributed by atoms with Crippen molar-refractivity contribution in [2.45, 2.75) is 19.6 Å². The number of benzene rings is 1. The van der Waals surface area contributed by atoms with E-state index in [-0.39, 0.29) is 0 Å². The fraction of sp³-hybridized carbons (Fsp3) is 0.273. The Morgan fingerprint density at radius 1 is 1.53 bits per heavy atom. The molecule has 1 heterocycles. The second kappa shape index (κ2) is 4.16. The van der Waals surface area contributed by atoms with Gasteiger partial charge in [0.2, 0.25) is 5.89 Å². The van der Waals surface area contributed by atoms with Gasteiger partial charge in [-0.2, -0.15) is 11.4 Å². The molecule has 0 spiro atoms. The van der Waals surface area contributed by atoms with Crippen molar-refractivity contribution in [3.8, 4) is 0 Å². The summed E-state index contributed by atoms with van der Waals surface area (Å²) in [5.41, 5.74) is 2.86. The minimum atomic E-state index is 0.383. The zero-order valence-electron chi connectivity index (χ0n) is 8.69. The highest BCUT2D eigenvalue weighted by Crippen LogP contribution is 2.18. The molecule has 0 aliphatic carbocycles. The Bertz CT molecular complexity index is 512. The van der Waals surface area contributed by atoms with Gasteiger partial charge in [-0.05, 0) is 31.5 Å². The monoisotopic (exact) mass is 223 g/mol. The SMILES string of the molecule is CC(O)=[SH]Cc1nc2cc(C)ccc2o1. The fourth-order valence-corrected chi connectivity index (χ4v) is 1.83. The zero-order valence-corrected chi connectivity index (χ0v) is 9.58. The maximum absolute atomic E-state index is 9.07. The molecule has 0 saturated heterocycles. The maximum atomic E-state index is 9.07. The molecule has 3 nitrogen and oxygen atoms in total. The Morgan fingerprint density at radius 3 is 3.07 bits per heavy atom. The molecule has 0 saturated carbocycles. The molecule has 0 aliphatic heterocycles. The van der Waals surface area contributed by atoms with Gasteiger partial charge < -0.3 is 9.52 Å². The van der Waals surface area contributed by atoms with E-state index < -0.39 is 0 Å². The lowest BCUT2D eigenvalue weighted by Crippen LogP contribution is -1.83. The second-order valence-electron chi connectivity index (χ2n) is 3.44. The number of aryl methyl sites for hydroxylation is 1. The Morgan fingerprint density at radius 2 is 2.33 bits per heavy atom. The van der Waals surface area contributed by atoms with E-state index in [1.807, 2.05) is 25.1 Å². The molecule has 1 aromatic heterocycles. The Labute approximate surface area is 91.7 Å². The van der Waals surface area contributed by atoms with Crippen molar-refractivity contribution in [2.24, 2.45) is 0 Å². The highest BCUT2D eigenvalue weighted by atomic mass is 32.1. The molecule has 0 unspecified atom stereocenters. The van der Waals surface area contributed by atoms with Crippen molar-refractivity contribution < 1.29 is 9.52 Å². The summed E-state index contributed by atoms with van der Waals surface area (Å²) in [5.74, 6) is 1.29. The number of aliphatic hydroxyl groups excluding tert-OH is 1. The summed E-state index contributed by atoms with van der Waals surface area (Å²) < 4.78 is 5.53. The summed E-state index contributed by atoms with van der Waals surface area (Å²) in [6, 6.07) is 5.92. The molecule has 0 fully saturated rings. The van der Waals surface area contributed by atoms with Crippen LogP contribution in [0.2, 0.25) is 0 Å². The number of hydrogen-bond donors (Lipinski definition) is 2. The van der Waals surface area contributed by atoms with Gasteiger partial charge in [-0.25, -0.2) is 4.98 Å². The Balaban J connectivity index is 2.35. The molecule has 15 heavy (non-hydrogen) atoms. The molecule has 2 rings (SSSR count). The Kier molecular flexibility index (Phi) is 2.88. The first-order chi connectivity index (χ1) is 7.15. The predicted molar refractivity (Wildman–Crippen MR) is 64.7 cm³/mol. The van der Waals surface area contributed by atoms with Crippen molar-refractivity contribution >= 4 is 27.5 Å². The lowest BCUT2D eigenvalue weighted by molar-refractivity contribution is 0.554. The van der Waals surface area contributed by atoms with Crippen LogP contribution in [0, 0.1) is 6.92 Å². The van der Waals surface area contributed by atoms with E-state index in [9.17, 15) is 0 Å². The number of oxazole rings is 1. The average molecular weight is 223 g/mol. The van der Waals surface area contributed by atoms with Crippen molar-refractivity contribution in [1.29, 1.82) is 0 Å². The van der Waals surface area contributed by atoms with Gasteiger partial charge in [0.25, 0.3) is 0 Å². The van der Waals surface area contributed by atoms with E-state index >= 15 is 0 Å². The molecule has 0 aliphatic rings. The third-order valence-electron chi connectivity index (χ3n) is 2.03. The number of fused-ring (bicyclic) bond motifs is 1. The van der Waals surface area contributed by atoms with Gasteiger partial charge >= 0.3 is 0 Å². The smallest absolute Gasteiger partial charge is 0.204 e.